The van der Waals surface area contributed by atoms with Crippen molar-refractivity contribution >= 4 is 21.9 Å². The number of carbonyl (C=O) groups excluding carboxylic acids is 2. The van der Waals surface area contributed by atoms with Crippen LogP contribution in [0.1, 0.15) is 25.8 Å². The highest BCUT2D eigenvalue weighted by Gasteiger charge is 2.44. The van der Waals surface area contributed by atoms with Gasteiger partial charge in [0.05, 0.1) is 43.7 Å². The number of nitrogens with zero attached hydrogens (tertiary/aromatic N) is 1. The number of benzene rings is 2. The third-order valence-corrected chi connectivity index (χ3v) is 8.63. The molecule has 0 bridgehead atoms. The van der Waals surface area contributed by atoms with Crippen LogP contribution >= 0.6 is 0 Å². The van der Waals surface area contributed by atoms with E-state index in [9.17, 15) is 18.0 Å². The first kappa shape index (κ1) is 29.0. The maximum absolute atomic E-state index is 13.6. The van der Waals surface area contributed by atoms with Crippen molar-refractivity contribution in [3.05, 3.63) is 60.2 Å². The Kier molecular flexibility index (Phi) is 9.60. The summed E-state index contributed by atoms with van der Waals surface area (Å²) in [6.45, 7) is 4.24. The van der Waals surface area contributed by atoms with Crippen LogP contribution in [-0.4, -0.2) is 76.4 Å². The molecule has 212 valence electrons. The second-order valence-corrected chi connectivity index (χ2v) is 12.1. The molecular formula is C28H36N2O8S. The number of hydrogen-bond acceptors (Lipinski definition) is 8. The summed E-state index contributed by atoms with van der Waals surface area (Å²) in [6, 6.07) is 14.2. The SMILES string of the molecule is COc1ccc(S(=O)(=O)N(CC(=O)[C@H](Cc2ccccc2)NC(=O)O[C@H]2CO[C@H]3OCC[C@H]32)CC(C)C)cc1. The topological polar surface area (TPSA) is 120 Å². The molecule has 0 radical (unpaired) electrons. The predicted octanol–water partition coefficient (Wildman–Crippen LogP) is 3.01. The standard InChI is InChI=1S/C28H36N2O8S/c1-19(2)16-30(39(33,34)22-11-9-21(35-3)10-12-22)17-25(31)24(15-20-7-5-4-6-8-20)29-28(32)38-26-18-37-27-23(26)13-14-36-27/h4-12,19,23-24,26-27H,13-18H2,1-3H3,(H,29,32)/t23-,24-,26-,27+/m0/s1. The summed E-state index contributed by atoms with van der Waals surface area (Å²) < 4.78 is 50.0. The van der Waals surface area contributed by atoms with Crippen molar-refractivity contribution in [2.45, 2.75) is 50.0 Å². The molecule has 0 spiro atoms. The fraction of sp³-hybridized carbons (Fsp3) is 0.500. The lowest BCUT2D eigenvalue weighted by atomic mass is 10.0. The monoisotopic (exact) mass is 560 g/mol. The van der Waals surface area contributed by atoms with E-state index in [0.717, 1.165) is 16.3 Å². The fourth-order valence-electron chi connectivity index (χ4n) is 4.79. The number of methoxy groups -OCH3 is 1. The van der Waals surface area contributed by atoms with Crippen molar-refractivity contribution in [3.63, 3.8) is 0 Å². The van der Waals surface area contributed by atoms with Gasteiger partial charge in [0.2, 0.25) is 10.0 Å². The van der Waals surface area contributed by atoms with E-state index in [0.29, 0.717) is 12.4 Å². The van der Waals surface area contributed by atoms with Gasteiger partial charge in [0.1, 0.15) is 11.9 Å². The number of carbonyl (C=O) groups is 2. The number of fused-ring (bicyclic) bond motifs is 1. The molecule has 2 fully saturated rings. The molecule has 0 unspecified atom stereocenters. The van der Waals surface area contributed by atoms with Crippen LogP contribution in [0, 0.1) is 11.8 Å². The lowest BCUT2D eigenvalue weighted by Gasteiger charge is -2.26. The normalized spacial score (nSPS) is 21.5. The third kappa shape index (κ3) is 7.36. The van der Waals surface area contributed by atoms with Crippen molar-refractivity contribution in [1.29, 1.82) is 0 Å². The van der Waals surface area contributed by atoms with Crippen LogP contribution in [0.5, 0.6) is 5.75 Å². The van der Waals surface area contributed by atoms with Gasteiger partial charge in [-0.15, -0.1) is 0 Å². The number of amides is 1. The molecular weight excluding hydrogens is 524 g/mol. The maximum Gasteiger partial charge on any atom is 0.408 e. The highest BCUT2D eigenvalue weighted by Crippen LogP contribution is 2.33. The number of ether oxygens (including phenoxy) is 4. The van der Waals surface area contributed by atoms with E-state index in [2.05, 4.69) is 5.32 Å². The average molecular weight is 561 g/mol. The highest BCUT2D eigenvalue weighted by molar-refractivity contribution is 7.89. The van der Waals surface area contributed by atoms with Crippen molar-refractivity contribution in [2.24, 2.45) is 11.8 Å². The molecule has 0 aromatic heterocycles. The molecule has 2 aromatic rings. The Balaban J connectivity index is 1.51. The number of rotatable bonds is 12. The second-order valence-electron chi connectivity index (χ2n) is 10.2. The summed E-state index contributed by atoms with van der Waals surface area (Å²) in [4.78, 5) is 26.6. The molecule has 10 nitrogen and oxygen atoms in total. The van der Waals surface area contributed by atoms with E-state index in [-0.39, 0.29) is 42.6 Å². The molecule has 1 amide bonds. The molecule has 2 aromatic carbocycles. The van der Waals surface area contributed by atoms with Gasteiger partial charge in [0, 0.05) is 6.54 Å². The predicted molar refractivity (Wildman–Crippen MR) is 143 cm³/mol. The first-order chi connectivity index (χ1) is 18.7. The van der Waals surface area contributed by atoms with Gasteiger partial charge < -0.3 is 24.3 Å². The lowest BCUT2D eigenvalue weighted by Crippen LogP contribution is -2.49. The van der Waals surface area contributed by atoms with E-state index in [1.165, 1.54) is 19.2 Å². The van der Waals surface area contributed by atoms with Gasteiger partial charge in [0.25, 0.3) is 0 Å². The third-order valence-electron chi connectivity index (χ3n) is 6.81. The minimum absolute atomic E-state index is 0.0414. The Morgan fingerprint density at radius 2 is 1.79 bits per heavy atom. The summed E-state index contributed by atoms with van der Waals surface area (Å²) in [7, 11) is -2.50. The van der Waals surface area contributed by atoms with Crippen LogP contribution in [0.25, 0.3) is 0 Å². The van der Waals surface area contributed by atoms with Crippen LogP contribution in [0.15, 0.2) is 59.5 Å². The quantitative estimate of drug-likeness (QED) is 0.421. The summed E-state index contributed by atoms with van der Waals surface area (Å²) in [5.74, 6) is -0.0111. The molecule has 4 rings (SSSR count). The lowest BCUT2D eigenvalue weighted by molar-refractivity contribution is -0.121. The average Bonchev–Trinajstić information content (AvgIpc) is 3.53. The Morgan fingerprint density at radius 3 is 2.46 bits per heavy atom. The maximum atomic E-state index is 13.6. The fourth-order valence-corrected chi connectivity index (χ4v) is 6.36. The Hall–Kier alpha value is -2.99. The zero-order chi connectivity index (χ0) is 28.0. The number of sulfonamides is 1. The molecule has 39 heavy (non-hydrogen) atoms. The zero-order valence-corrected chi connectivity index (χ0v) is 23.3. The molecule has 4 atom stereocenters. The van der Waals surface area contributed by atoms with Crippen LogP contribution in [0.4, 0.5) is 4.79 Å². The van der Waals surface area contributed by atoms with Gasteiger partial charge >= 0.3 is 6.09 Å². The molecule has 0 saturated carbocycles. The van der Waals surface area contributed by atoms with E-state index >= 15 is 0 Å². The zero-order valence-electron chi connectivity index (χ0n) is 22.4. The largest absolute Gasteiger partial charge is 0.497 e. The van der Waals surface area contributed by atoms with Gasteiger partial charge in [-0.05, 0) is 48.6 Å². The molecule has 1 N–H and O–H groups in total. The number of hydrogen-bond donors (Lipinski definition) is 1. The number of Topliss-reactive ketones (excluding diaryl/α,β-unsaturated/α-hetero) is 1. The van der Waals surface area contributed by atoms with Gasteiger partial charge in [-0.3, -0.25) is 4.79 Å². The smallest absolute Gasteiger partial charge is 0.408 e. The van der Waals surface area contributed by atoms with Crippen molar-refractivity contribution < 1.29 is 37.0 Å². The van der Waals surface area contributed by atoms with E-state index in [1.54, 1.807) is 12.1 Å². The first-order valence-corrected chi connectivity index (χ1v) is 14.5. The summed E-state index contributed by atoms with van der Waals surface area (Å²) >= 11 is 0. The molecule has 2 heterocycles. The molecule has 11 heteroatoms. The number of ketones is 1. The van der Waals surface area contributed by atoms with Crippen LogP contribution in [-0.2, 0) is 35.4 Å². The van der Waals surface area contributed by atoms with Crippen LogP contribution in [0.2, 0.25) is 0 Å². The Labute approximate surface area is 229 Å². The number of nitrogens with one attached hydrogen (secondary N) is 1. The minimum Gasteiger partial charge on any atom is -0.497 e. The van der Waals surface area contributed by atoms with Crippen LogP contribution in [0.3, 0.4) is 0 Å². The molecule has 0 aliphatic carbocycles. The van der Waals surface area contributed by atoms with E-state index in [4.69, 9.17) is 18.9 Å². The second kappa shape index (κ2) is 12.9. The number of alkyl carbamates (subject to hydrolysis) is 1. The van der Waals surface area contributed by atoms with Gasteiger partial charge in [-0.2, -0.15) is 4.31 Å². The minimum atomic E-state index is -4.00. The van der Waals surface area contributed by atoms with E-state index < -0.39 is 40.6 Å². The molecule has 2 aliphatic rings. The van der Waals surface area contributed by atoms with Crippen LogP contribution < -0.4 is 10.1 Å². The summed E-state index contributed by atoms with van der Waals surface area (Å²) in [5, 5.41) is 2.69. The molecule has 2 saturated heterocycles. The summed E-state index contributed by atoms with van der Waals surface area (Å²) in [5.41, 5.74) is 0.818. The van der Waals surface area contributed by atoms with Crippen molar-refractivity contribution in [2.75, 3.05) is 33.4 Å². The van der Waals surface area contributed by atoms with Gasteiger partial charge in [-0.1, -0.05) is 44.2 Å². The summed E-state index contributed by atoms with van der Waals surface area (Å²) in [6.07, 6.45) is -0.694. The van der Waals surface area contributed by atoms with Gasteiger partial charge in [0.15, 0.2) is 12.1 Å². The van der Waals surface area contributed by atoms with Gasteiger partial charge in [-0.25, -0.2) is 13.2 Å². The van der Waals surface area contributed by atoms with Crippen molar-refractivity contribution in [3.8, 4) is 5.75 Å². The first-order valence-electron chi connectivity index (χ1n) is 13.1. The highest BCUT2D eigenvalue weighted by atomic mass is 32.2. The Morgan fingerprint density at radius 1 is 1.08 bits per heavy atom. The van der Waals surface area contributed by atoms with E-state index in [1.807, 2.05) is 44.2 Å². The van der Waals surface area contributed by atoms with Crippen molar-refractivity contribution in [1.82, 2.24) is 9.62 Å². The Bertz CT molecular complexity index is 1220. The molecule has 2 aliphatic heterocycles.